The maximum Gasteiger partial charge on any atom is 0.320 e. The van der Waals surface area contributed by atoms with E-state index in [0.717, 1.165) is 36.3 Å². The summed E-state index contributed by atoms with van der Waals surface area (Å²) in [5.74, 6) is 0.0998. The van der Waals surface area contributed by atoms with Crippen LogP contribution in [0.15, 0.2) is 54.6 Å². The SMILES string of the molecule is CC(c1ccccc1OCc1ccccc1)N1CCCCC1C(=O)O. The number of para-hydroxylation sites is 1. The fourth-order valence-electron chi connectivity index (χ4n) is 3.55. The Balaban J connectivity index is 1.78. The molecule has 1 saturated heterocycles. The fourth-order valence-corrected chi connectivity index (χ4v) is 3.55. The quantitative estimate of drug-likeness (QED) is 0.854. The highest BCUT2D eigenvalue weighted by Gasteiger charge is 2.33. The fraction of sp³-hybridized carbons (Fsp3) is 0.381. The van der Waals surface area contributed by atoms with Crippen molar-refractivity contribution in [2.75, 3.05) is 6.54 Å². The summed E-state index contributed by atoms with van der Waals surface area (Å²) in [7, 11) is 0. The van der Waals surface area contributed by atoms with Crippen molar-refractivity contribution in [3.63, 3.8) is 0 Å². The largest absolute Gasteiger partial charge is 0.489 e. The van der Waals surface area contributed by atoms with Crippen molar-refractivity contribution in [1.29, 1.82) is 0 Å². The summed E-state index contributed by atoms with van der Waals surface area (Å²) in [5.41, 5.74) is 2.16. The van der Waals surface area contributed by atoms with Crippen molar-refractivity contribution in [1.82, 2.24) is 4.90 Å². The smallest absolute Gasteiger partial charge is 0.320 e. The van der Waals surface area contributed by atoms with Crippen LogP contribution in [0.4, 0.5) is 0 Å². The van der Waals surface area contributed by atoms with E-state index in [2.05, 4.69) is 11.8 Å². The molecule has 0 bridgehead atoms. The van der Waals surface area contributed by atoms with Crippen LogP contribution in [0, 0.1) is 0 Å². The lowest BCUT2D eigenvalue weighted by Crippen LogP contribution is -2.45. The highest BCUT2D eigenvalue weighted by molar-refractivity contribution is 5.73. The lowest BCUT2D eigenvalue weighted by molar-refractivity contribution is -0.145. The number of nitrogens with zero attached hydrogens (tertiary/aromatic N) is 1. The topological polar surface area (TPSA) is 49.8 Å². The summed E-state index contributed by atoms with van der Waals surface area (Å²) < 4.78 is 6.06. The molecular formula is C21H25NO3. The van der Waals surface area contributed by atoms with Gasteiger partial charge in [-0.2, -0.15) is 0 Å². The molecule has 2 atom stereocenters. The number of carboxylic acid groups (broad SMARTS) is 1. The lowest BCUT2D eigenvalue weighted by Gasteiger charge is -2.38. The van der Waals surface area contributed by atoms with Gasteiger partial charge in [-0.15, -0.1) is 0 Å². The van der Waals surface area contributed by atoms with Crippen molar-refractivity contribution in [3.05, 3.63) is 65.7 Å². The van der Waals surface area contributed by atoms with Gasteiger partial charge in [0.25, 0.3) is 0 Å². The van der Waals surface area contributed by atoms with E-state index >= 15 is 0 Å². The zero-order valence-corrected chi connectivity index (χ0v) is 14.6. The molecule has 25 heavy (non-hydrogen) atoms. The summed E-state index contributed by atoms with van der Waals surface area (Å²) in [5, 5.41) is 9.55. The molecule has 0 aromatic heterocycles. The predicted octanol–water partition coefficient (Wildman–Crippen LogP) is 4.27. The van der Waals surface area contributed by atoms with Gasteiger partial charge in [0.2, 0.25) is 0 Å². The van der Waals surface area contributed by atoms with Gasteiger partial charge in [0, 0.05) is 11.6 Å². The highest BCUT2D eigenvalue weighted by Crippen LogP contribution is 2.33. The molecule has 2 unspecified atom stereocenters. The molecule has 0 spiro atoms. The first-order valence-corrected chi connectivity index (χ1v) is 8.91. The van der Waals surface area contributed by atoms with E-state index < -0.39 is 12.0 Å². The first-order chi connectivity index (χ1) is 12.2. The maximum absolute atomic E-state index is 11.6. The third-order valence-corrected chi connectivity index (χ3v) is 4.93. The lowest BCUT2D eigenvalue weighted by atomic mass is 9.96. The van der Waals surface area contributed by atoms with Gasteiger partial charge in [0.15, 0.2) is 0 Å². The van der Waals surface area contributed by atoms with Crippen LogP contribution in [0.2, 0.25) is 0 Å². The molecular weight excluding hydrogens is 314 g/mol. The van der Waals surface area contributed by atoms with Gasteiger partial charge in [-0.3, -0.25) is 9.69 Å². The van der Waals surface area contributed by atoms with E-state index in [-0.39, 0.29) is 6.04 Å². The molecule has 0 radical (unpaired) electrons. The maximum atomic E-state index is 11.6. The Morgan fingerprint density at radius 1 is 1.16 bits per heavy atom. The van der Waals surface area contributed by atoms with Gasteiger partial charge in [-0.1, -0.05) is 55.0 Å². The molecule has 3 rings (SSSR count). The molecule has 1 N–H and O–H groups in total. The zero-order valence-electron chi connectivity index (χ0n) is 14.6. The number of hydrogen-bond donors (Lipinski definition) is 1. The van der Waals surface area contributed by atoms with E-state index in [1.807, 2.05) is 54.6 Å². The van der Waals surface area contributed by atoms with E-state index in [1.54, 1.807) is 0 Å². The number of piperidine rings is 1. The number of carboxylic acids is 1. The molecule has 1 aliphatic heterocycles. The molecule has 0 aliphatic carbocycles. The molecule has 1 fully saturated rings. The number of likely N-dealkylation sites (tertiary alicyclic amines) is 1. The van der Waals surface area contributed by atoms with Crippen LogP contribution in [-0.2, 0) is 11.4 Å². The minimum absolute atomic E-state index is 0.00775. The van der Waals surface area contributed by atoms with Gasteiger partial charge in [-0.25, -0.2) is 0 Å². The summed E-state index contributed by atoms with van der Waals surface area (Å²) >= 11 is 0. The van der Waals surface area contributed by atoms with Crippen LogP contribution in [0.5, 0.6) is 5.75 Å². The Morgan fingerprint density at radius 2 is 1.88 bits per heavy atom. The van der Waals surface area contributed by atoms with Crippen LogP contribution < -0.4 is 4.74 Å². The molecule has 2 aromatic rings. The Bertz CT molecular complexity index is 701. The van der Waals surface area contributed by atoms with Crippen molar-refractivity contribution in [2.45, 2.75) is 44.9 Å². The molecule has 2 aromatic carbocycles. The van der Waals surface area contributed by atoms with Crippen molar-refractivity contribution < 1.29 is 14.6 Å². The zero-order chi connectivity index (χ0) is 17.6. The summed E-state index contributed by atoms with van der Waals surface area (Å²) in [6.07, 6.45) is 2.74. The third kappa shape index (κ3) is 4.20. The van der Waals surface area contributed by atoms with Gasteiger partial charge >= 0.3 is 5.97 Å². The van der Waals surface area contributed by atoms with Crippen LogP contribution in [-0.4, -0.2) is 28.6 Å². The Labute approximate surface area is 149 Å². The molecule has 1 aliphatic rings. The molecule has 132 valence electrons. The monoisotopic (exact) mass is 339 g/mol. The van der Waals surface area contributed by atoms with E-state index in [4.69, 9.17) is 4.74 Å². The average Bonchev–Trinajstić information content (AvgIpc) is 2.67. The molecule has 0 saturated carbocycles. The Morgan fingerprint density at radius 3 is 2.64 bits per heavy atom. The van der Waals surface area contributed by atoms with Crippen molar-refractivity contribution in [3.8, 4) is 5.75 Å². The van der Waals surface area contributed by atoms with E-state index in [0.29, 0.717) is 13.0 Å². The van der Waals surface area contributed by atoms with Crippen LogP contribution in [0.3, 0.4) is 0 Å². The molecule has 4 nitrogen and oxygen atoms in total. The summed E-state index contributed by atoms with van der Waals surface area (Å²) in [6.45, 7) is 3.39. The van der Waals surface area contributed by atoms with E-state index in [9.17, 15) is 9.90 Å². The van der Waals surface area contributed by atoms with Crippen LogP contribution in [0.1, 0.15) is 43.4 Å². The second-order valence-electron chi connectivity index (χ2n) is 6.58. The molecule has 4 heteroatoms. The number of hydrogen-bond acceptors (Lipinski definition) is 3. The Kier molecular flexibility index (Phi) is 5.71. The number of aliphatic carboxylic acids is 1. The minimum Gasteiger partial charge on any atom is -0.489 e. The van der Waals surface area contributed by atoms with Crippen molar-refractivity contribution in [2.24, 2.45) is 0 Å². The Hall–Kier alpha value is -2.33. The van der Waals surface area contributed by atoms with Crippen molar-refractivity contribution >= 4 is 5.97 Å². The van der Waals surface area contributed by atoms with Crippen LogP contribution in [0.25, 0.3) is 0 Å². The van der Waals surface area contributed by atoms with E-state index in [1.165, 1.54) is 0 Å². The number of rotatable bonds is 6. The third-order valence-electron chi connectivity index (χ3n) is 4.93. The summed E-state index contributed by atoms with van der Waals surface area (Å²) in [6, 6.07) is 17.6. The number of benzene rings is 2. The minimum atomic E-state index is -0.728. The normalized spacial score (nSPS) is 19.3. The van der Waals surface area contributed by atoms with Crippen LogP contribution >= 0.6 is 0 Å². The molecule has 0 amide bonds. The predicted molar refractivity (Wildman–Crippen MR) is 97.6 cm³/mol. The first kappa shape index (κ1) is 17.5. The summed E-state index contributed by atoms with van der Waals surface area (Å²) in [4.78, 5) is 13.7. The second kappa shape index (κ2) is 8.17. The van der Waals surface area contributed by atoms with Gasteiger partial charge < -0.3 is 9.84 Å². The van der Waals surface area contributed by atoms with Gasteiger partial charge in [0.05, 0.1) is 0 Å². The number of ether oxygens (including phenoxy) is 1. The highest BCUT2D eigenvalue weighted by atomic mass is 16.5. The average molecular weight is 339 g/mol. The number of carbonyl (C=O) groups is 1. The van der Waals surface area contributed by atoms with Gasteiger partial charge in [0.1, 0.15) is 18.4 Å². The second-order valence-corrected chi connectivity index (χ2v) is 6.58. The standard InChI is InChI=1S/C21H25NO3/c1-16(22-14-8-7-12-19(22)21(23)24)18-11-5-6-13-20(18)25-15-17-9-3-2-4-10-17/h2-6,9-11,13,16,19H,7-8,12,14-15H2,1H3,(H,23,24). The first-order valence-electron chi connectivity index (χ1n) is 8.91. The van der Waals surface area contributed by atoms with Gasteiger partial charge in [-0.05, 0) is 37.9 Å². The molecule has 1 heterocycles.